The molecular formula is C16H21N3O2. The number of nitrogens with one attached hydrogen (secondary N) is 1. The highest BCUT2D eigenvalue weighted by molar-refractivity contribution is 5.49. The summed E-state index contributed by atoms with van der Waals surface area (Å²) in [7, 11) is 3.53. The normalized spacial score (nSPS) is 10.4. The van der Waals surface area contributed by atoms with Crippen LogP contribution in [-0.4, -0.2) is 24.1 Å². The molecule has 0 unspecified atom stereocenters. The molecule has 1 heterocycles. The molecule has 0 radical (unpaired) electrons. The topological polar surface area (TPSA) is 56.3 Å². The van der Waals surface area contributed by atoms with Gasteiger partial charge in [0.15, 0.2) is 0 Å². The Bertz CT molecular complexity index is 587. The van der Waals surface area contributed by atoms with Crippen LogP contribution in [0.2, 0.25) is 0 Å². The number of ether oxygens (including phenoxy) is 2. The minimum absolute atomic E-state index is 0.560. The van der Waals surface area contributed by atoms with Crippen molar-refractivity contribution in [3.63, 3.8) is 0 Å². The van der Waals surface area contributed by atoms with Crippen LogP contribution in [0.15, 0.2) is 30.6 Å². The summed E-state index contributed by atoms with van der Waals surface area (Å²) in [5.74, 6) is 2.17. The SMILES string of the molecule is CCCc1c(NC)ncnc1Oc1cccc(COC)c1. The molecule has 1 N–H and O–H groups in total. The number of rotatable bonds is 7. The van der Waals surface area contributed by atoms with Crippen LogP contribution < -0.4 is 10.1 Å². The molecule has 0 amide bonds. The number of nitrogens with zero attached hydrogens (tertiary/aromatic N) is 2. The Kier molecular flexibility index (Phi) is 5.51. The van der Waals surface area contributed by atoms with Crippen LogP contribution in [0.3, 0.4) is 0 Å². The van der Waals surface area contributed by atoms with Crippen molar-refractivity contribution in [2.75, 3.05) is 19.5 Å². The van der Waals surface area contributed by atoms with E-state index < -0.39 is 0 Å². The summed E-state index contributed by atoms with van der Waals surface area (Å²) in [6, 6.07) is 7.82. The summed E-state index contributed by atoms with van der Waals surface area (Å²) in [4.78, 5) is 8.52. The third kappa shape index (κ3) is 3.92. The number of methoxy groups -OCH3 is 1. The fourth-order valence-electron chi connectivity index (χ4n) is 2.15. The van der Waals surface area contributed by atoms with Gasteiger partial charge in [-0.25, -0.2) is 9.97 Å². The molecule has 0 aliphatic rings. The largest absolute Gasteiger partial charge is 0.439 e. The number of hydrogen-bond donors (Lipinski definition) is 1. The van der Waals surface area contributed by atoms with E-state index in [4.69, 9.17) is 9.47 Å². The molecule has 2 aromatic rings. The van der Waals surface area contributed by atoms with E-state index in [1.54, 1.807) is 7.11 Å². The van der Waals surface area contributed by atoms with E-state index in [2.05, 4.69) is 22.2 Å². The van der Waals surface area contributed by atoms with Gasteiger partial charge in [-0.3, -0.25) is 0 Å². The van der Waals surface area contributed by atoms with E-state index in [1.807, 2.05) is 31.3 Å². The Hall–Kier alpha value is -2.14. The summed E-state index contributed by atoms with van der Waals surface area (Å²) in [6.07, 6.45) is 3.38. The first-order chi connectivity index (χ1) is 10.3. The molecule has 112 valence electrons. The second-order valence-corrected chi connectivity index (χ2v) is 4.69. The first-order valence-corrected chi connectivity index (χ1v) is 7.05. The van der Waals surface area contributed by atoms with Crippen LogP contribution in [0.25, 0.3) is 0 Å². The lowest BCUT2D eigenvalue weighted by atomic mass is 10.1. The molecule has 0 saturated carbocycles. The van der Waals surface area contributed by atoms with Crippen molar-refractivity contribution in [3.05, 3.63) is 41.7 Å². The highest BCUT2D eigenvalue weighted by atomic mass is 16.5. The van der Waals surface area contributed by atoms with Gasteiger partial charge in [0.2, 0.25) is 5.88 Å². The highest BCUT2D eigenvalue weighted by Crippen LogP contribution is 2.28. The zero-order valence-corrected chi connectivity index (χ0v) is 12.7. The van der Waals surface area contributed by atoms with E-state index in [9.17, 15) is 0 Å². The van der Waals surface area contributed by atoms with Gasteiger partial charge in [0.1, 0.15) is 17.9 Å². The minimum atomic E-state index is 0.560. The fourth-order valence-corrected chi connectivity index (χ4v) is 2.15. The molecule has 0 saturated heterocycles. The summed E-state index contributed by atoms with van der Waals surface area (Å²) in [5.41, 5.74) is 2.06. The molecule has 0 atom stereocenters. The van der Waals surface area contributed by atoms with Gasteiger partial charge in [0.25, 0.3) is 0 Å². The number of benzene rings is 1. The van der Waals surface area contributed by atoms with E-state index in [-0.39, 0.29) is 0 Å². The van der Waals surface area contributed by atoms with Gasteiger partial charge in [0.05, 0.1) is 12.2 Å². The second-order valence-electron chi connectivity index (χ2n) is 4.69. The van der Waals surface area contributed by atoms with Crippen LogP contribution in [-0.2, 0) is 17.8 Å². The van der Waals surface area contributed by atoms with Gasteiger partial charge in [-0.2, -0.15) is 0 Å². The third-order valence-corrected chi connectivity index (χ3v) is 3.07. The summed E-state index contributed by atoms with van der Waals surface area (Å²) in [6.45, 7) is 2.68. The van der Waals surface area contributed by atoms with Crippen molar-refractivity contribution in [1.82, 2.24) is 9.97 Å². The lowest BCUT2D eigenvalue weighted by molar-refractivity contribution is 0.184. The smallest absolute Gasteiger partial charge is 0.227 e. The van der Waals surface area contributed by atoms with Gasteiger partial charge in [-0.1, -0.05) is 25.5 Å². The van der Waals surface area contributed by atoms with E-state index in [0.29, 0.717) is 12.5 Å². The second kappa shape index (κ2) is 7.59. The Morgan fingerprint density at radius 3 is 2.81 bits per heavy atom. The first kappa shape index (κ1) is 15.3. The zero-order chi connectivity index (χ0) is 15.1. The van der Waals surface area contributed by atoms with Crippen LogP contribution >= 0.6 is 0 Å². The van der Waals surface area contributed by atoms with Crippen molar-refractivity contribution in [3.8, 4) is 11.6 Å². The molecule has 21 heavy (non-hydrogen) atoms. The molecule has 0 fully saturated rings. The molecule has 0 aliphatic heterocycles. The molecule has 1 aromatic heterocycles. The average Bonchev–Trinajstić information content (AvgIpc) is 2.50. The van der Waals surface area contributed by atoms with Gasteiger partial charge < -0.3 is 14.8 Å². The van der Waals surface area contributed by atoms with Crippen LogP contribution in [0.1, 0.15) is 24.5 Å². The van der Waals surface area contributed by atoms with Gasteiger partial charge in [0, 0.05) is 14.2 Å². The maximum Gasteiger partial charge on any atom is 0.227 e. The molecule has 5 heteroatoms. The summed E-state index contributed by atoms with van der Waals surface area (Å²) < 4.78 is 11.1. The quantitative estimate of drug-likeness (QED) is 0.845. The molecule has 0 aliphatic carbocycles. The van der Waals surface area contributed by atoms with Gasteiger partial charge in [-0.05, 0) is 24.1 Å². The predicted octanol–water partition coefficient (Wildman–Crippen LogP) is 3.41. The Labute approximate surface area is 125 Å². The van der Waals surface area contributed by atoms with Crippen molar-refractivity contribution >= 4 is 5.82 Å². The zero-order valence-electron chi connectivity index (χ0n) is 12.7. The van der Waals surface area contributed by atoms with E-state index in [1.165, 1.54) is 6.33 Å². The monoisotopic (exact) mass is 287 g/mol. The lowest BCUT2D eigenvalue weighted by Gasteiger charge is -2.13. The molecule has 5 nitrogen and oxygen atoms in total. The molecule has 1 aromatic carbocycles. The molecule has 2 rings (SSSR count). The van der Waals surface area contributed by atoms with Crippen molar-refractivity contribution in [1.29, 1.82) is 0 Å². The first-order valence-electron chi connectivity index (χ1n) is 7.05. The molecule has 0 spiro atoms. The third-order valence-electron chi connectivity index (χ3n) is 3.07. The van der Waals surface area contributed by atoms with Crippen LogP contribution in [0, 0.1) is 0 Å². The maximum absolute atomic E-state index is 5.94. The van der Waals surface area contributed by atoms with E-state index in [0.717, 1.165) is 35.5 Å². The number of aromatic nitrogens is 2. The Morgan fingerprint density at radius 2 is 2.10 bits per heavy atom. The van der Waals surface area contributed by atoms with Crippen LogP contribution in [0.5, 0.6) is 11.6 Å². The summed E-state index contributed by atoms with van der Waals surface area (Å²) in [5, 5.41) is 3.09. The fraction of sp³-hybridized carbons (Fsp3) is 0.375. The minimum Gasteiger partial charge on any atom is -0.439 e. The Balaban J connectivity index is 2.28. The van der Waals surface area contributed by atoms with Gasteiger partial charge in [-0.15, -0.1) is 0 Å². The molecular weight excluding hydrogens is 266 g/mol. The average molecular weight is 287 g/mol. The standard InChI is InChI=1S/C16H21N3O2/c1-4-6-14-15(17-2)18-11-19-16(14)21-13-8-5-7-12(9-13)10-20-3/h5,7-9,11H,4,6,10H2,1-3H3,(H,17,18,19). The summed E-state index contributed by atoms with van der Waals surface area (Å²) >= 11 is 0. The predicted molar refractivity (Wildman–Crippen MR) is 82.8 cm³/mol. The van der Waals surface area contributed by atoms with Crippen molar-refractivity contribution in [2.24, 2.45) is 0 Å². The maximum atomic E-state index is 5.94. The lowest BCUT2D eigenvalue weighted by Crippen LogP contribution is -2.03. The van der Waals surface area contributed by atoms with E-state index >= 15 is 0 Å². The van der Waals surface area contributed by atoms with Crippen molar-refractivity contribution < 1.29 is 9.47 Å². The highest BCUT2D eigenvalue weighted by Gasteiger charge is 2.12. The number of anilines is 1. The van der Waals surface area contributed by atoms with Crippen LogP contribution in [0.4, 0.5) is 5.82 Å². The Morgan fingerprint density at radius 1 is 1.24 bits per heavy atom. The van der Waals surface area contributed by atoms with Gasteiger partial charge >= 0.3 is 0 Å². The molecule has 0 bridgehead atoms. The van der Waals surface area contributed by atoms with Crippen molar-refractivity contribution in [2.45, 2.75) is 26.4 Å². The number of hydrogen-bond acceptors (Lipinski definition) is 5.